The molecule has 1 amide bonds. The van der Waals surface area contributed by atoms with E-state index in [0.29, 0.717) is 18.0 Å². The Morgan fingerprint density at radius 2 is 2.08 bits per heavy atom. The topological polar surface area (TPSA) is 97.4 Å². The van der Waals surface area contributed by atoms with E-state index in [-0.39, 0.29) is 17.3 Å². The fourth-order valence-electron chi connectivity index (χ4n) is 2.01. The Bertz CT molecular complexity index is 807. The predicted octanol–water partition coefficient (Wildman–Crippen LogP) is 1.92. The number of sulfonamides is 1. The molecule has 0 aliphatic carbocycles. The fourth-order valence-corrected chi connectivity index (χ4v) is 3.05. The van der Waals surface area contributed by atoms with Crippen molar-refractivity contribution in [2.45, 2.75) is 25.3 Å². The molecule has 7 nitrogen and oxygen atoms in total. The molecule has 8 heteroatoms. The lowest BCUT2D eigenvalue weighted by Crippen LogP contribution is -2.23. The number of benzene rings is 1. The van der Waals surface area contributed by atoms with Gasteiger partial charge in [0.15, 0.2) is 0 Å². The van der Waals surface area contributed by atoms with Crippen molar-refractivity contribution >= 4 is 21.6 Å². The summed E-state index contributed by atoms with van der Waals surface area (Å²) in [5.74, 6) is 0.104. The molecule has 1 heterocycles. The second-order valence-electron chi connectivity index (χ2n) is 4.96. The van der Waals surface area contributed by atoms with Crippen molar-refractivity contribution in [3.63, 3.8) is 0 Å². The molecular weight excluding hydrogens is 330 g/mol. The largest absolute Gasteiger partial charge is 0.492 e. The summed E-state index contributed by atoms with van der Waals surface area (Å²) in [6.07, 6.45) is 3.20. The highest BCUT2D eigenvalue weighted by Gasteiger charge is 2.17. The number of carbonyl (C=O) groups is 1. The number of nitrogens with one attached hydrogen (secondary N) is 2. The van der Waals surface area contributed by atoms with Crippen LogP contribution in [0.2, 0.25) is 0 Å². The van der Waals surface area contributed by atoms with E-state index < -0.39 is 10.0 Å². The van der Waals surface area contributed by atoms with Gasteiger partial charge in [-0.1, -0.05) is 6.07 Å². The molecular formula is C16H19N3O4S. The lowest BCUT2D eigenvalue weighted by atomic mass is 10.3. The predicted molar refractivity (Wildman–Crippen MR) is 90.2 cm³/mol. The summed E-state index contributed by atoms with van der Waals surface area (Å²) < 4.78 is 32.8. The molecule has 0 radical (unpaired) electrons. The van der Waals surface area contributed by atoms with Crippen molar-refractivity contribution in [2.75, 3.05) is 11.9 Å². The second-order valence-corrected chi connectivity index (χ2v) is 6.72. The molecule has 0 saturated carbocycles. The molecule has 1 aromatic carbocycles. The minimum absolute atomic E-state index is 0.0404. The fraction of sp³-hybridized carbons (Fsp3) is 0.250. The summed E-state index contributed by atoms with van der Waals surface area (Å²) in [5.41, 5.74) is 1.06. The SMILES string of the molecule is CCOc1ccc(S(=O)(=O)NCc2cccnc2)cc1NC(C)=O. The number of anilines is 1. The first kappa shape index (κ1) is 17.9. The minimum atomic E-state index is -3.73. The Kier molecular flexibility index (Phi) is 5.88. The highest BCUT2D eigenvalue weighted by atomic mass is 32.2. The lowest BCUT2D eigenvalue weighted by Gasteiger charge is -2.13. The van der Waals surface area contributed by atoms with E-state index in [2.05, 4.69) is 15.0 Å². The monoisotopic (exact) mass is 349 g/mol. The van der Waals surface area contributed by atoms with Gasteiger partial charge in [-0.25, -0.2) is 13.1 Å². The summed E-state index contributed by atoms with van der Waals surface area (Å²) in [5, 5.41) is 2.58. The number of pyridine rings is 1. The van der Waals surface area contributed by atoms with Gasteiger partial charge in [-0.05, 0) is 36.8 Å². The van der Waals surface area contributed by atoms with Crippen LogP contribution >= 0.6 is 0 Å². The Balaban J connectivity index is 2.24. The van der Waals surface area contributed by atoms with Crippen LogP contribution in [0.25, 0.3) is 0 Å². The molecule has 24 heavy (non-hydrogen) atoms. The molecule has 0 aliphatic heterocycles. The quantitative estimate of drug-likeness (QED) is 0.796. The zero-order valence-electron chi connectivity index (χ0n) is 13.4. The molecule has 0 bridgehead atoms. The molecule has 2 aromatic rings. The van der Waals surface area contributed by atoms with Crippen molar-refractivity contribution in [3.8, 4) is 5.75 Å². The van der Waals surface area contributed by atoms with Crippen LogP contribution in [0.1, 0.15) is 19.4 Å². The first-order valence-corrected chi connectivity index (χ1v) is 8.83. The number of amides is 1. The van der Waals surface area contributed by atoms with Gasteiger partial charge >= 0.3 is 0 Å². The van der Waals surface area contributed by atoms with Gasteiger partial charge in [0, 0.05) is 25.9 Å². The van der Waals surface area contributed by atoms with Gasteiger partial charge < -0.3 is 10.1 Å². The molecule has 0 spiro atoms. The molecule has 0 aliphatic rings. The molecule has 0 saturated heterocycles. The number of nitrogens with zero attached hydrogens (tertiary/aromatic N) is 1. The Labute approximate surface area is 141 Å². The maximum Gasteiger partial charge on any atom is 0.240 e. The third-order valence-corrected chi connectivity index (χ3v) is 4.46. The van der Waals surface area contributed by atoms with Crippen LogP contribution in [0.15, 0.2) is 47.6 Å². The van der Waals surface area contributed by atoms with E-state index in [0.717, 1.165) is 5.56 Å². The van der Waals surface area contributed by atoms with Crippen LogP contribution in [0, 0.1) is 0 Å². The minimum Gasteiger partial charge on any atom is -0.492 e. The molecule has 0 fully saturated rings. The van der Waals surface area contributed by atoms with Crippen molar-refractivity contribution in [2.24, 2.45) is 0 Å². The highest BCUT2D eigenvalue weighted by molar-refractivity contribution is 7.89. The maximum atomic E-state index is 12.4. The standard InChI is InChI=1S/C16H19N3O4S/c1-3-23-16-7-6-14(9-15(16)19-12(2)20)24(21,22)18-11-13-5-4-8-17-10-13/h4-10,18H,3,11H2,1-2H3,(H,19,20). The highest BCUT2D eigenvalue weighted by Crippen LogP contribution is 2.28. The second kappa shape index (κ2) is 7.89. The van der Waals surface area contributed by atoms with Gasteiger partial charge in [0.2, 0.25) is 15.9 Å². The zero-order chi connectivity index (χ0) is 17.6. The van der Waals surface area contributed by atoms with E-state index in [1.165, 1.54) is 25.1 Å². The van der Waals surface area contributed by atoms with Crippen molar-refractivity contribution in [1.82, 2.24) is 9.71 Å². The van der Waals surface area contributed by atoms with Gasteiger partial charge in [0.25, 0.3) is 0 Å². The molecule has 2 rings (SSSR count). The van der Waals surface area contributed by atoms with Crippen molar-refractivity contribution in [3.05, 3.63) is 48.3 Å². The average molecular weight is 349 g/mol. The summed E-state index contributed by atoms with van der Waals surface area (Å²) in [6, 6.07) is 7.83. The number of aromatic nitrogens is 1. The number of hydrogen-bond acceptors (Lipinski definition) is 5. The third kappa shape index (κ3) is 4.77. The van der Waals surface area contributed by atoms with Crippen LogP contribution in [0.3, 0.4) is 0 Å². The van der Waals surface area contributed by atoms with Crippen LogP contribution in [-0.4, -0.2) is 25.9 Å². The Morgan fingerprint density at radius 3 is 2.71 bits per heavy atom. The number of carbonyl (C=O) groups excluding carboxylic acids is 1. The molecule has 0 atom stereocenters. The van der Waals surface area contributed by atoms with Crippen molar-refractivity contribution in [1.29, 1.82) is 0 Å². The summed E-state index contributed by atoms with van der Waals surface area (Å²) in [6.45, 7) is 3.67. The van der Waals surface area contributed by atoms with E-state index in [4.69, 9.17) is 4.74 Å². The molecule has 1 aromatic heterocycles. The molecule has 128 valence electrons. The van der Waals surface area contributed by atoms with E-state index >= 15 is 0 Å². The van der Waals surface area contributed by atoms with E-state index in [9.17, 15) is 13.2 Å². The van der Waals surface area contributed by atoms with Gasteiger partial charge in [-0.15, -0.1) is 0 Å². The zero-order valence-corrected chi connectivity index (χ0v) is 14.3. The third-order valence-electron chi connectivity index (χ3n) is 3.06. The van der Waals surface area contributed by atoms with Crippen LogP contribution in [0.4, 0.5) is 5.69 Å². The van der Waals surface area contributed by atoms with Crippen LogP contribution in [0.5, 0.6) is 5.75 Å². The molecule has 2 N–H and O–H groups in total. The first-order valence-electron chi connectivity index (χ1n) is 7.35. The van der Waals surface area contributed by atoms with Crippen LogP contribution < -0.4 is 14.8 Å². The maximum absolute atomic E-state index is 12.4. The van der Waals surface area contributed by atoms with Crippen molar-refractivity contribution < 1.29 is 17.9 Å². The Hall–Kier alpha value is -2.45. The number of hydrogen-bond donors (Lipinski definition) is 2. The summed E-state index contributed by atoms with van der Waals surface area (Å²) in [7, 11) is -3.73. The van der Waals surface area contributed by atoms with Gasteiger partial charge in [0.1, 0.15) is 5.75 Å². The Morgan fingerprint density at radius 1 is 1.29 bits per heavy atom. The number of ether oxygens (including phenoxy) is 1. The smallest absolute Gasteiger partial charge is 0.240 e. The van der Waals surface area contributed by atoms with E-state index in [1.54, 1.807) is 31.5 Å². The first-order chi connectivity index (χ1) is 11.4. The average Bonchev–Trinajstić information content (AvgIpc) is 2.55. The summed E-state index contributed by atoms with van der Waals surface area (Å²) in [4.78, 5) is 15.3. The van der Waals surface area contributed by atoms with Crippen LogP contribution in [-0.2, 0) is 21.4 Å². The van der Waals surface area contributed by atoms with Gasteiger partial charge in [-0.2, -0.15) is 0 Å². The summed E-state index contributed by atoms with van der Waals surface area (Å²) >= 11 is 0. The molecule has 0 unspecified atom stereocenters. The van der Waals surface area contributed by atoms with E-state index in [1.807, 2.05) is 0 Å². The normalized spacial score (nSPS) is 11.1. The number of rotatable bonds is 7. The van der Waals surface area contributed by atoms with Gasteiger partial charge in [0.05, 0.1) is 17.2 Å². The lowest BCUT2D eigenvalue weighted by molar-refractivity contribution is -0.114. The van der Waals surface area contributed by atoms with Gasteiger partial charge in [-0.3, -0.25) is 9.78 Å².